The van der Waals surface area contributed by atoms with Crippen LogP contribution >= 0.6 is 0 Å². The number of aromatic nitrogens is 2. The smallest absolute Gasteiger partial charge is 0.300 e. The van der Waals surface area contributed by atoms with Gasteiger partial charge in [-0.2, -0.15) is 4.98 Å². The largest absolute Gasteiger partial charge is 0.459 e. The molecule has 0 amide bonds. The van der Waals surface area contributed by atoms with E-state index in [-0.39, 0.29) is 41.9 Å². The topological polar surface area (TPSA) is 92.0 Å². The van der Waals surface area contributed by atoms with Gasteiger partial charge in [-0.15, -0.1) is 0 Å². The van der Waals surface area contributed by atoms with Crippen molar-refractivity contribution in [1.29, 1.82) is 0 Å². The number of aryl methyl sites for hydroxylation is 1. The van der Waals surface area contributed by atoms with Gasteiger partial charge in [0, 0.05) is 25.0 Å². The molecule has 1 N–H and O–H groups in total. The molecule has 8 nitrogen and oxygen atoms in total. The van der Waals surface area contributed by atoms with Gasteiger partial charge in [-0.05, 0) is 35.2 Å². The first-order chi connectivity index (χ1) is 21.6. The van der Waals surface area contributed by atoms with E-state index in [4.69, 9.17) is 18.6 Å². The molecule has 2 heterocycles. The summed E-state index contributed by atoms with van der Waals surface area (Å²) in [5, 5.41) is 14.9. The number of rotatable bonds is 16. The lowest BCUT2D eigenvalue weighted by molar-refractivity contribution is -0.171. The van der Waals surface area contributed by atoms with Crippen molar-refractivity contribution in [3.8, 4) is 6.01 Å². The van der Waals surface area contributed by atoms with Gasteiger partial charge in [0.2, 0.25) is 0 Å². The highest BCUT2D eigenvalue weighted by molar-refractivity contribution is 6.99. The standard InChI is InChI=1S/C36H50N2O6Si/c1-7-9-21-41-24-36(40,25-43-45(35(4,5)6,27-17-13-11-14-18-27)28-19-15-12-16-20-28)32(42-22-10-8-2)29-30-31(29)44-34-37-33(39)26(3)23-38(30)34/h11-20,23,29-32,40H,7-10,21-22,24-25H2,1-6H3/t29-,30+,31?,32?,36+/m1/s1. The zero-order valence-corrected chi connectivity index (χ0v) is 28.7. The zero-order valence-electron chi connectivity index (χ0n) is 27.7. The van der Waals surface area contributed by atoms with Crippen LogP contribution in [0.15, 0.2) is 71.7 Å². The summed E-state index contributed by atoms with van der Waals surface area (Å²) in [6, 6.07) is 21.2. The van der Waals surface area contributed by atoms with Gasteiger partial charge in [0.15, 0.2) is 0 Å². The Balaban J connectivity index is 1.54. The first-order valence-corrected chi connectivity index (χ1v) is 18.4. The first kappa shape index (κ1) is 33.5. The molecule has 1 fully saturated rings. The average molecular weight is 635 g/mol. The van der Waals surface area contributed by atoms with E-state index in [9.17, 15) is 9.90 Å². The molecule has 3 aromatic rings. The van der Waals surface area contributed by atoms with Gasteiger partial charge in [0.1, 0.15) is 11.7 Å². The summed E-state index contributed by atoms with van der Waals surface area (Å²) in [5.41, 5.74) is -1.19. The molecule has 0 saturated heterocycles. The van der Waals surface area contributed by atoms with E-state index in [2.05, 4.69) is 88.1 Å². The predicted molar refractivity (Wildman–Crippen MR) is 179 cm³/mol. The molecular formula is C36H50N2O6Si. The molecule has 9 heteroatoms. The Morgan fingerprint density at radius 1 is 0.956 bits per heavy atom. The minimum atomic E-state index is -2.96. The van der Waals surface area contributed by atoms with E-state index < -0.39 is 20.0 Å². The number of nitrogens with zero attached hydrogens (tertiary/aromatic N) is 2. The number of unbranched alkanes of at least 4 members (excludes halogenated alkanes) is 2. The number of benzene rings is 2. The van der Waals surface area contributed by atoms with Gasteiger partial charge in [0.25, 0.3) is 19.9 Å². The van der Waals surface area contributed by atoms with E-state index in [1.807, 2.05) is 22.9 Å². The lowest BCUT2D eigenvalue weighted by atomic mass is 9.93. The number of aliphatic hydroxyl groups is 1. The minimum Gasteiger partial charge on any atom is -0.459 e. The number of hydrogen-bond donors (Lipinski definition) is 1. The Hall–Kier alpha value is -2.82. The third-order valence-electron chi connectivity index (χ3n) is 9.24. The monoisotopic (exact) mass is 634 g/mol. The summed E-state index contributed by atoms with van der Waals surface area (Å²) in [6.45, 7) is 13.9. The summed E-state index contributed by atoms with van der Waals surface area (Å²) in [6.07, 6.45) is 4.68. The highest BCUT2D eigenvalue weighted by atomic mass is 28.4. The summed E-state index contributed by atoms with van der Waals surface area (Å²) in [7, 11) is -2.96. The van der Waals surface area contributed by atoms with Gasteiger partial charge < -0.3 is 23.7 Å². The molecule has 1 saturated carbocycles. The van der Waals surface area contributed by atoms with Crippen molar-refractivity contribution in [1.82, 2.24) is 9.55 Å². The Morgan fingerprint density at radius 3 is 2.13 bits per heavy atom. The quantitative estimate of drug-likeness (QED) is 0.179. The SMILES string of the molecule is CCCCOC[C@](O)(CO[Si](c1ccccc1)(c1ccccc1)C(C)(C)C)C(OCCCC)[C@H]1C2Oc3nc(=O)c(C)cn3[C@H]21. The molecule has 0 spiro atoms. The van der Waals surface area contributed by atoms with Gasteiger partial charge >= 0.3 is 0 Å². The lowest BCUT2D eigenvalue weighted by Crippen LogP contribution is -2.68. The van der Waals surface area contributed by atoms with Crippen LogP contribution in [0.3, 0.4) is 0 Å². The van der Waals surface area contributed by atoms with Crippen molar-refractivity contribution in [3.05, 3.63) is 82.8 Å². The molecule has 5 atom stereocenters. The Kier molecular flexibility index (Phi) is 10.4. The number of hydrogen-bond acceptors (Lipinski definition) is 7. The lowest BCUT2D eigenvalue weighted by Gasteiger charge is -2.46. The first-order valence-electron chi connectivity index (χ1n) is 16.5. The minimum absolute atomic E-state index is 0.0352. The van der Waals surface area contributed by atoms with Gasteiger partial charge in [-0.1, -0.05) is 108 Å². The molecule has 45 heavy (non-hydrogen) atoms. The van der Waals surface area contributed by atoms with E-state index in [1.54, 1.807) is 6.92 Å². The summed E-state index contributed by atoms with van der Waals surface area (Å²) in [4.78, 5) is 16.4. The second kappa shape index (κ2) is 13.9. The summed E-state index contributed by atoms with van der Waals surface area (Å²) >= 11 is 0. The second-order valence-corrected chi connectivity index (χ2v) is 18.0. The summed E-state index contributed by atoms with van der Waals surface area (Å²) < 4.78 is 28.2. The van der Waals surface area contributed by atoms with Crippen molar-refractivity contribution in [2.24, 2.45) is 5.92 Å². The molecule has 5 rings (SSSR count). The van der Waals surface area contributed by atoms with E-state index in [0.717, 1.165) is 36.1 Å². The Labute approximate surface area is 268 Å². The zero-order chi connectivity index (χ0) is 32.2. The average Bonchev–Trinajstić information content (AvgIpc) is 3.59. The van der Waals surface area contributed by atoms with Crippen LogP contribution in [-0.2, 0) is 13.9 Å². The summed E-state index contributed by atoms with van der Waals surface area (Å²) in [5.74, 6) is -0.152. The van der Waals surface area contributed by atoms with E-state index in [1.165, 1.54) is 0 Å². The molecule has 1 aliphatic carbocycles. The van der Waals surface area contributed by atoms with Crippen LogP contribution in [0.1, 0.15) is 71.9 Å². The van der Waals surface area contributed by atoms with Gasteiger partial charge in [-0.3, -0.25) is 9.36 Å². The molecule has 0 bridgehead atoms. The fourth-order valence-electron chi connectivity index (χ4n) is 6.78. The van der Waals surface area contributed by atoms with Crippen molar-refractivity contribution >= 4 is 18.7 Å². The molecule has 1 aromatic heterocycles. The van der Waals surface area contributed by atoms with Crippen LogP contribution in [0.4, 0.5) is 0 Å². The fourth-order valence-corrected chi connectivity index (χ4v) is 11.4. The third kappa shape index (κ3) is 6.69. The van der Waals surface area contributed by atoms with Crippen LogP contribution in [0.5, 0.6) is 6.01 Å². The van der Waals surface area contributed by atoms with Crippen LogP contribution in [0.25, 0.3) is 0 Å². The van der Waals surface area contributed by atoms with E-state index in [0.29, 0.717) is 24.8 Å². The third-order valence-corrected chi connectivity index (χ3v) is 14.2. The molecule has 2 aliphatic rings. The molecular weight excluding hydrogens is 584 g/mol. The Bertz CT molecular complexity index is 1420. The molecule has 2 aromatic carbocycles. The maximum absolute atomic E-state index is 12.8. The predicted octanol–water partition coefficient (Wildman–Crippen LogP) is 4.79. The number of fused-ring (bicyclic) bond motifs is 3. The second-order valence-electron chi connectivity index (χ2n) is 13.7. The van der Waals surface area contributed by atoms with Gasteiger partial charge in [0.05, 0.1) is 31.3 Å². The molecule has 1 aliphatic heterocycles. The van der Waals surface area contributed by atoms with Crippen molar-refractivity contribution in [3.63, 3.8) is 0 Å². The van der Waals surface area contributed by atoms with Crippen molar-refractivity contribution in [2.75, 3.05) is 26.4 Å². The van der Waals surface area contributed by atoms with Crippen LogP contribution < -0.4 is 20.7 Å². The Morgan fingerprint density at radius 2 is 1.56 bits per heavy atom. The van der Waals surface area contributed by atoms with Crippen molar-refractivity contribution in [2.45, 2.75) is 96.1 Å². The molecule has 2 unspecified atom stereocenters. The number of ether oxygens (including phenoxy) is 3. The molecule has 244 valence electrons. The van der Waals surface area contributed by atoms with Crippen molar-refractivity contribution < 1.29 is 23.7 Å². The fraction of sp³-hybridized carbons (Fsp3) is 0.556. The maximum atomic E-state index is 12.8. The van der Waals surface area contributed by atoms with Crippen LogP contribution in [-0.4, -0.2) is 67.2 Å². The van der Waals surface area contributed by atoms with Crippen LogP contribution in [0.2, 0.25) is 5.04 Å². The van der Waals surface area contributed by atoms with Crippen LogP contribution in [0, 0.1) is 12.8 Å². The highest BCUT2D eigenvalue weighted by Crippen LogP contribution is 2.56. The maximum Gasteiger partial charge on any atom is 0.300 e. The normalized spacial score (nSPS) is 21.0. The molecule has 0 radical (unpaired) electrons. The highest BCUT2D eigenvalue weighted by Gasteiger charge is 2.67. The van der Waals surface area contributed by atoms with E-state index >= 15 is 0 Å². The van der Waals surface area contributed by atoms with Gasteiger partial charge in [-0.25, -0.2) is 0 Å².